The van der Waals surface area contributed by atoms with Crippen LogP contribution < -0.4 is 4.74 Å². The minimum absolute atomic E-state index is 0.145. The maximum Gasteiger partial charge on any atom is 0.341 e. The van der Waals surface area contributed by atoms with E-state index in [0.717, 1.165) is 11.4 Å². The van der Waals surface area contributed by atoms with Crippen LogP contribution in [-0.2, 0) is 0 Å². The molecule has 0 N–H and O–H groups in total. The standard InChI is InChI=1S/C11H9BrFN3O/c1-6-7(2)15-16-11(14-6)17-8-3-4-10(13)9(12)5-8/h3-5H,1-2H3. The fourth-order valence-corrected chi connectivity index (χ4v) is 1.48. The quantitative estimate of drug-likeness (QED) is 0.854. The second-order valence-electron chi connectivity index (χ2n) is 3.44. The lowest BCUT2D eigenvalue weighted by Crippen LogP contribution is -1.99. The number of ether oxygens (including phenoxy) is 1. The predicted octanol–water partition coefficient (Wildman–Crippen LogP) is 3.18. The number of hydrogen-bond donors (Lipinski definition) is 0. The summed E-state index contributed by atoms with van der Waals surface area (Å²) in [5, 5.41) is 7.69. The van der Waals surface area contributed by atoms with E-state index < -0.39 is 0 Å². The second kappa shape index (κ2) is 4.75. The number of hydrogen-bond acceptors (Lipinski definition) is 4. The van der Waals surface area contributed by atoms with E-state index in [1.54, 1.807) is 0 Å². The molecule has 0 aliphatic rings. The van der Waals surface area contributed by atoms with E-state index in [9.17, 15) is 4.39 Å². The van der Waals surface area contributed by atoms with Gasteiger partial charge in [0.25, 0.3) is 0 Å². The lowest BCUT2D eigenvalue weighted by Gasteiger charge is -2.05. The Labute approximate surface area is 106 Å². The Morgan fingerprint density at radius 1 is 1.18 bits per heavy atom. The molecule has 1 aromatic carbocycles. The van der Waals surface area contributed by atoms with E-state index in [2.05, 4.69) is 31.1 Å². The van der Waals surface area contributed by atoms with Crippen LogP contribution in [0.1, 0.15) is 11.4 Å². The molecule has 1 aromatic heterocycles. The van der Waals surface area contributed by atoms with Crippen LogP contribution in [-0.4, -0.2) is 15.2 Å². The van der Waals surface area contributed by atoms with Gasteiger partial charge in [0, 0.05) is 0 Å². The molecule has 0 atom stereocenters. The fraction of sp³-hybridized carbons (Fsp3) is 0.182. The maximum absolute atomic E-state index is 13.0. The SMILES string of the molecule is Cc1nnc(Oc2ccc(F)c(Br)c2)nc1C. The summed E-state index contributed by atoms with van der Waals surface area (Å²) in [5.41, 5.74) is 1.49. The van der Waals surface area contributed by atoms with Crippen LogP contribution >= 0.6 is 15.9 Å². The molecule has 0 amide bonds. The van der Waals surface area contributed by atoms with Crippen LogP contribution in [0.2, 0.25) is 0 Å². The molecule has 2 aromatic rings. The number of benzene rings is 1. The highest BCUT2D eigenvalue weighted by atomic mass is 79.9. The Hall–Kier alpha value is -1.56. The normalized spacial score (nSPS) is 10.4. The molecule has 1 heterocycles. The summed E-state index contributed by atoms with van der Waals surface area (Å²) < 4.78 is 18.7. The van der Waals surface area contributed by atoms with Crippen LogP contribution in [0.5, 0.6) is 11.8 Å². The number of aromatic nitrogens is 3. The minimum atomic E-state index is -0.350. The summed E-state index contributed by atoms with van der Waals surface area (Å²) in [4.78, 5) is 4.12. The van der Waals surface area contributed by atoms with Crippen LogP contribution in [0.25, 0.3) is 0 Å². The van der Waals surface area contributed by atoms with Gasteiger partial charge in [-0.1, -0.05) is 5.10 Å². The zero-order valence-corrected chi connectivity index (χ0v) is 10.8. The topological polar surface area (TPSA) is 47.9 Å². The van der Waals surface area contributed by atoms with E-state index in [0.29, 0.717) is 10.2 Å². The summed E-state index contributed by atoms with van der Waals surface area (Å²) in [5.74, 6) is 0.0970. The summed E-state index contributed by atoms with van der Waals surface area (Å²) in [6, 6.07) is 4.45. The Bertz CT molecular complexity index is 513. The molecular weight excluding hydrogens is 289 g/mol. The van der Waals surface area contributed by atoms with E-state index in [-0.39, 0.29) is 11.8 Å². The van der Waals surface area contributed by atoms with Crippen LogP contribution in [0.3, 0.4) is 0 Å². The first-order valence-electron chi connectivity index (χ1n) is 4.87. The first-order valence-corrected chi connectivity index (χ1v) is 5.66. The predicted molar refractivity (Wildman–Crippen MR) is 63.5 cm³/mol. The van der Waals surface area contributed by atoms with Crippen molar-refractivity contribution in [1.82, 2.24) is 15.2 Å². The van der Waals surface area contributed by atoms with Gasteiger partial charge in [-0.3, -0.25) is 0 Å². The molecule has 0 saturated carbocycles. The fourth-order valence-electron chi connectivity index (χ4n) is 1.13. The van der Waals surface area contributed by atoms with Gasteiger partial charge in [-0.2, -0.15) is 4.98 Å². The first kappa shape index (κ1) is 11.9. The van der Waals surface area contributed by atoms with Crippen LogP contribution in [0.15, 0.2) is 22.7 Å². The second-order valence-corrected chi connectivity index (χ2v) is 4.30. The summed E-state index contributed by atoms with van der Waals surface area (Å²) in [7, 11) is 0. The molecule has 88 valence electrons. The summed E-state index contributed by atoms with van der Waals surface area (Å²) in [6.45, 7) is 3.63. The van der Waals surface area contributed by atoms with Crippen LogP contribution in [0.4, 0.5) is 4.39 Å². The van der Waals surface area contributed by atoms with Crippen molar-refractivity contribution >= 4 is 15.9 Å². The highest BCUT2D eigenvalue weighted by Crippen LogP contribution is 2.24. The van der Waals surface area contributed by atoms with Crippen molar-refractivity contribution in [3.8, 4) is 11.8 Å². The number of halogens is 2. The van der Waals surface area contributed by atoms with Gasteiger partial charge in [0.05, 0.1) is 15.9 Å². The molecule has 0 aliphatic heterocycles. The monoisotopic (exact) mass is 297 g/mol. The van der Waals surface area contributed by atoms with Gasteiger partial charge in [0.2, 0.25) is 0 Å². The van der Waals surface area contributed by atoms with Crippen molar-refractivity contribution in [3.63, 3.8) is 0 Å². The lowest BCUT2D eigenvalue weighted by atomic mass is 10.3. The smallest absolute Gasteiger partial charge is 0.341 e. The molecule has 0 radical (unpaired) electrons. The molecule has 4 nitrogen and oxygen atoms in total. The lowest BCUT2D eigenvalue weighted by molar-refractivity contribution is 0.428. The Kier molecular flexibility index (Phi) is 3.33. The molecule has 0 saturated heterocycles. The van der Waals surface area contributed by atoms with Gasteiger partial charge in [-0.15, -0.1) is 5.10 Å². The third-order valence-corrected chi connectivity index (χ3v) is 2.78. The van der Waals surface area contributed by atoms with Gasteiger partial charge in [0.15, 0.2) is 0 Å². The highest BCUT2D eigenvalue weighted by molar-refractivity contribution is 9.10. The average Bonchev–Trinajstić information content (AvgIpc) is 2.29. The molecule has 0 spiro atoms. The molecular formula is C11H9BrFN3O. The third-order valence-electron chi connectivity index (χ3n) is 2.17. The Morgan fingerprint density at radius 2 is 1.94 bits per heavy atom. The summed E-state index contributed by atoms with van der Waals surface area (Å²) >= 11 is 3.07. The summed E-state index contributed by atoms with van der Waals surface area (Å²) in [6.07, 6.45) is 0. The average molecular weight is 298 g/mol. The zero-order chi connectivity index (χ0) is 12.4. The van der Waals surface area contributed by atoms with E-state index >= 15 is 0 Å². The molecule has 0 bridgehead atoms. The van der Waals surface area contributed by atoms with Gasteiger partial charge < -0.3 is 4.74 Å². The first-order chi connectivity index (χ1) is 8.06. The number of aryl methyl sites for hydroxylation is 2. The molecule has 0 aliphatic carbocycles. The Morgan fingerprint density at radius 3 is 2.59 bits per heavy atom. The molecule has 0 fully saturated rings. The number of rotatable bonds is 2. The van der Waals surface area contributed by atoms with Gasteiger partial charge in [-0.05, 0) is 48.0 Å². The maximum atomic E-state index is 13.0. The minimum Gasteiger partial charge on any atom is -0.423 e. The van der Waals surface area contributed by atoms with Crippen molar-refractivity contribution < 1.29 is 9.13 Å². The molecule has 6 heteroatoms. The third kappa shape index (κ3) is 2.76. The van der Waals surface area contributed by atoms with Crippen molar-refractivity contribution in [2.45, 2.75) is 13.8 Å². The van der Waals surface area contributed by atoms with Crippen LogP contribution in [0, 0.1) is 19.7 Å². The zero-order valence-electron chi connectivity index (χ0n) is 9.24. The molecule has 2 rings (SSSR count). The van der Waals surface area contributed by atoms with E-state index in [1.807, 2.05) is 13.8 Å². The highest BCUT2D eigenvalue weighted by Gasteiger charge is 2.06. The van der Waals surface area contributed by atoms with Crippen molar-refractivity contribution in [2.75, 3.05) is 0 Å². The van der Waals surface area contributed by atoms with Gasteiger partial charge in [-0.25, -0.2) is 4.39 Å². The van der Waals surface area contributed by atoms with Gasteiger partial charge in [0.1, 0.15) is 11.6 Å². The molecule has 17 heavy (non-hydrogen) atoms. The van der Waals surface area contributed by atoms with Crippen molar-refractivity contribution in [2.24, 2.45) is 0 Å². The largest absolute Gasteiger partial charge is 0.423 e. The molecule has 0 unspecified atom stereocenters. The van der Waals surface area contributed by atoms with Crippen molar-refractivity contribution in [3.05, 3.63) is 39.9 Å². The van der Waals surface area contributed by atoms with E-state index in [1.165, 1.54) is 18.2 Å². The van der Waals surface area contributed by atoms with Crippen molar-refractivity contribution in [1.29, 1.82) is 0 Å². The van der Waals surface area contributed by atoms with Gasteiger partial charge >= 0.3 is 6.01 Å². The van der Waals surface area contributed by atoms with E-state index in [4.69, 9.17) is 4.74 Å². The Balaban J connectivity index is 2.25. The number of nitrogens with zero attached hydrogens (tertiary/aromatic N) is 3.